The summed E-state index contributed by atoms with van der Waals surface area (Å²) in [7, 11) is 0. The van der Waals surface area contributed by atoms with E-state index >= 15 is 0 Å². The Bertz CT molecular complexity index is 551. The van der Waals surface area contributed by atoms with E-state index in [1.54, 1.807) is 18.5 Å². The standard InChI is InChI=1S/C13H16N4O/c1-8-2-3-9(4-8)12-16-13(18-17-12)10-5-11(14)7-15-6-10/h5-9H,2-4,14H2,1H3. The summed E-state index contributed by atoms with van der Waals surface area (Å²) in [6, 6.07) is 1.79. The molecule has 94 valence electrons. The molecule has 3 rings (SSSR count). The van der Waals surface area contributed by atoms with Crippen LogP contribution in [0.15, 0.2) is 23.0 Å². The molecule has 2 atom stereocenters. The van der Waals surface area contributed by atoms with E-state index in [2.05, 4.69) is 22.0 Å². The highest BCUT2D eigenvalue weighted by Crippen LogP contribution is 2.37. The van der Waals surface area contributed by atoms with Gasteiger partial charge in [-0.05, 0) is 31.2 Å². The Morgan fingerprint density at radius 1 is 1.33 bits per heavy atom. The number of pyridine rings is 1. The summed E-state index contributed by atoms with van der Waals surface area (Å²) in [5.74, 6) is 2.51. The molecule has 0 saturated heterocycles. The molecule has 1 aliphatic carbocycles. The van der Waals surface area contributed by atoms with E-state index < -0.39 is 0 Å². The highest BCUT2D eigenvalue weighted by Gasteiger charge is 2.27. The number of nitrogen functional groups attached to an aromatic ring is 1. The van der Waals surface area contributed by atoms with Crippen molar-refractivity contribution in [3.8, 4) is 11.5 Å². The van der Waals surface area contributed by atoms with Crippen LogP contribution in [0.3, 0.4) is 0 Å². The summed E-state index contributed by atoms with van der Waals surface area (Å²) < 4.78 is 5.30. The maximum Gasteiger partial charge on any atom is 0.259 e. The number of nitrogens with zero attached hydrogens (tertiary/aromatic N) is 3. The molecule has 18 heavy (non-hydrogen) atoms. The summed E-state index contributed by atoms with van der Waals surface area (Å²) >= 11 is 0. The fourth-order valence-corrected chi connectivity index (χ4v) is 2.53. The quantitative estimate of drug-likeness (QED) is 0.878. The number of anilines is 1. The van der Waals surface area contributed by atoms with Gasteiger partial charge in [-0.15, -0.1) is 0 Å². The smallest absolute Gasteiger partial charge is 0.259 e. The maximum atomic E-state index is 5.69. The van der Waals surface area contributed by atoms with Gasteiger partial charge in [0, 0.05) is 18.3 Å². The third-order valence-electron chi connectivity index (χ3n) is 3.51. The van der Waals surface area contributed by atoms with E-state index in [-0.39, 0.29) is 0 Å². The van der Waals surface area contributed by atoms with Gasteiger partial charge in [-0.25, -0.2) is 0 Å². The molecule has 0 bridgehead atoms. The van der Waals surface area contributed by atoms with Crippen molar-refractivity contribution in [2.24, 2.45) is 5.92 Å². The van der Waals surface area contributed by atoms with Crippen molar-refractivity contribution in [3.63, 3.8) is 0 Å². The molecule has 0 aromatic carbocycles. The predicted octanol–water partition coefficient (Wildman–Crippen LogP) is 2.62. The zero-order chi connectivity index (χ0) is 12.5. The lowest BCUT2D eigenvalue weighted by Gasteiger charge is -2.01. The van der Waals surface area contributed by atoms with Crippen molar-refractivity contribution in [1.29, 1.82) is 0 Å². The van der Waals surface area contributed by atoms with Crippen molar-refractivity contribution in [2.45, 2.75) is 32.1 Å². The van der Waals surface area contributed by atoms with Gasteiger partial charge in [0.05, 0.1) is 11.3 Å². The molecule has 2 aromatic rings. The summed E-state index contributed by atoms with van der Waals surface area (Å²) in [4.78, 5) is 8.49. The second kappa shape index (κ2) is 4.40. The van der Waals surface area contributed by atoms with Crippen molar-refractivity contribution < 1.29 is 4.52 Å². The van der Waals surface area contributed by atoms with Gasteiger partial charge in [-0.3, -0.25) is 4.98 Å². The number of hydrogen-bond donors (Lipinski definition) is 1. The molecular weight excluding hydrogens is 228 g/mol. The third kappa shape index (κ3) is 2.08. The Morgan fingerprint density at radius 2 is 2.22 bits per heavy atom. The second-order valence-electron chi connectivity index (χ2n) is 5.08. The first-order chi connectivity index (χ1) is 8.72. The van der Waals surface area contributed by atoms with Crippen LogP contribution in [0.4, 0.5) is 5.69 Å². The van der Waals surface area contributed by atoms with Crippen LogP contribution in [0.25, 0.3) is 11.5 Å². The lowest BCUT2D eigenvalue weighted by atomic mass is 10.1. The molecule has 2 aromatic heterocycles. The van der Waals surface area contributed by atoms with Crippen LogP contribution < -0.4 is 5.73 Å². The first-order valence-electron chi connectivity index (χ1n) is 6.27. The Balaban J connectivity index is 1.85. The molecule has 2 N–H and O–H groups in total. The number of aromatic nitrogens is 3. The maximum absolute atomic E-state index is 5.69. The van der Waals surface area contributed by atoms with E-state index in [0.29, 0.717) is 17.5 Å². The number of nitrogens with two attached hydrogens (primary N) is 1. The van der Waals surface area contributed by atoms with Gasteiger partial charge in [0.25, 0.3) is 5.89 Å². The molecule has 5 nitrogen and oxygen atoms in total. The first kappa shape index (κ1) is 11.2. The van der Waals surface area contributed by atoms with E-state index in [1.807, 2.05) is 0 Å². The van der Waals surface area contributed by atoms with Crippen LogP contribution in [0.5, 0.6) is 0 Å². The van der Waals surface area contributed by atoms with Crippen molar-refractivity contribution >= 4 is 5.69 Å². The Kier molecular flexibility index (Phi) is 2.74. The minimum Gasteiger partial charge on any atom is -0.397 e. The number of rotatable bonds is 2. The fraction of sp³-hybridized carbons (Fsp3) is 0.462. The molecule has 1 saturated carbocycles. The summed E-state index contributed by atoms with van der Waals surface area (Å²) in [6.07, 6.45) is 6.82. The van der Waals surface area contributed by atoms with Crippen LogP contribution in [0.1, 0.15) is 37.9 Å². The minimum atomic E-state index is 0.437. The largest absolute Gasteiger partial charge is 0.397 e. The molecule has 1 aliphatic rings. The van der Waals surface area contributed by atoms with Crippen LogP contribution >= 0.6 is 0 Å². The van der Waals surface area contributed by atoms with E-state index in [1.165, 1.54) is 6.42 Å². The average Bonchev–Trinajstić information content (AvgIpc) is 2.97. The highest BCUT2D eigenvalue weighted by atomic mass is 16.5. The molecular formula is C13H16N4O. The average molecular weight is 244 g/mol. The Morgan fingerprint density at radius 3 is 2.94 bits per heavy atom. The second-order valence-corrected chi connectivity index (χ2v) is 5.08. The van der Waals surface area contributed by atoms with Gasteiger partial charge in [0.15, 0.2) is 5.82 Å². The molecule has 0 spiro atoms. The highest BCUT2D eigenvalue weighted by molar-refractivity contribution is 5.57. The molecule has 0 radical (unpaired) electrons. The van der Waals surface area contributed by atoms with E-state index in [9.17, 15) is 0 Å². The molecule has 2 unspecified atom stereocenters. The molecule has 5 heteroatoms. The van der Waals surface area contributed by atoms with E-state index in [4.69, 9.17) is 10.3 Å². The van der Waals surface area contributed by atoms with Crippen molar-refractivity contribution in [1.82, 2.24) is 15.1 Å². The van der Waals surface area contributed by atoms with Crippen LogP contribution in [-0.2, 0) is 0 Å². The SMILES string of the molecule is CC1CCC(c2noc(-c3cncc(N)c3)n2)C1. The van der Waals surface area contributed by atoms with Gasteiger partial charge in [-0.1, -0.05) is 12.1 Å². The lowest BCUT2D eigenvalue weighted by molar-refractivity contribution is 0.414. The molecule has 0 amide bonds. The van der Waals surface area contributed by atoms with Gasteiger partial charge >= 0.3 is 0 Å². The van der Waals surface area contributed by atoms with Crippen molar-refractivity contribution in [2.75, 3.05) is 5.73 Å². The van der Waals surface area contributed by atoms with Crippen LogP contribution in [-0.4, -0.2) is 15.1 Å². The normalized spacial score (nSPS) is 23.4. The molecule has 1 fully saturated rings. The van der Waals surface area contributed by atoms with Crippen LogP contribution in [0.2, 0.25) is 0 Å². The molecule has 0 aliphatic heterocycles. The monoisotopic (exact) mass is 244 g/mol. The summed E-state index contributed by atoms with van der Waals surface area (Å²) in [5, 5.41) is 4.08. The Labute approximate surface area is 105 Å². The minimum absolute atomic E-state index is 0.437. The summed E-state index contributed by atoms with van der Waals surface area (Å²) in [6.45, 7) is 2.27. The van der Waals surface area contributed by atoms with Crippen molar-refractivity contribution in [3.05, 3.63) is 24.3 Å². The third-order valence-corrected chi connectivity index (χ3v) is 3.51. The van der Waals surface area contributed by atoms with Gasteiger partial charge in [-0.2, -0.15) is 4.98 Å². The zero-order valence-corrected chi connectivity index (χ0v) is 10.3. The zero-order valence-electron chi connectivity index (χ0n) is 10.3. The Hall–Kier alpha value is -1.91. The van der Waals surface area contributed by atoms with Gasteiger partial charge in [0.1, 0.15) is 0 Å². The first-order valence-corrected chi connectivity index (χ1v) is 6.27. The molecule has 2 heterocycles. The van der Waals surface area contributed by atoms with Crippen LogP contribution in [0, 0.1) is 5.92 Å². The fourth-order valence-electron chi connectivity index (χ4n) is 2.53. The topological polar surface area (TPSA) is 77.8 Å². The predicted molar refractivity (Wildman–Crippen MR) is 67.7 cm³/mol. The van der Waals surface area contributed by atoms with E-state index in [0.717, 1.165) is 30.1 Å². The number of hydrogen-bond acceptors (Lipinski definition) is 5. The summed E-state index contributed by atoms with van der Waals surface area (Å²) in [5.41, 5.74) is 7.07. The van der Waals surface area contributed by atoms with Gasteiger partial charge < -0.3 is 10.3 Å². The van der Waals surface area contributed by atoms with Gasteiger partial charge in [0.2, 0.25) is 0 Å². The lowest BCUT2D eigenvalue weighted by Crippen LogP contribution is -1.96.